The predicted molar refractivity (Wildman–Crippen MR) is 238 cm³/mol. The SMILES string of the molecule is COC(=O)N[C@H](C(=O)N1[C@@H]2C[C@@H]2C[C@H]1c1nc(-c2ccc3cc(C#Cc4c[nH]c([C@@H]5C[C@H]6C[C@H]6N5C(=O)[C@@H](NC(=O)O)[C@H]5C[C@@H](C)O[C@@H](C)C5)n4)ccc3c2)c[nH]1)[C@H]1C[C@@H](C)O[C@@H](C)C1. The normalized spacial score (nSPS) is 32.1. The van der Waals surface area contributed by atoms with Crippen molar-refractivity contribution >= 4 is 34.8 Å². The van der Waals surface area contributed by atoms with Crippen LogP contribution in [0.2, 0.25) is 0 Å². The summed E-state index contributed by atoms with van der Waals surface area (Å²) in [6, 6.07) is 10.4. The summed E-state index contributed by atoms with van der Waals surface area (Å²) in [5, 5.41) is 17.2. The summed E-state index contributed by atoms with van der Waals surface area (Å²) in [6.45, 7) is 7.96. The van der Waals surface area contributed by atoms with Crippen molar-refractivity contribution in [3.05, 3.63) is 71.7 Å². The van der Waals surface area contributed by atoms with E-state index in [0.717, 1.165) is 59.1 Å². The molecule has 6 heterocycles. The number of nitrogens with one attached hydrogen (secondary N) is 4. The van der Waals surface area contributed by atoms with Crippen molar-refractivity contribution in [1.29, 1.82) is 0 Å². The number of amides is 4. The Kier molecular flexibility index (Phi) is 11.3. The number of piperidine rings is 2. The Labute approximate surface area is 377 Å². The van der Waals surface area contributed by atoms with Crippen molar-refractivity contribution in [3.8, 4) is 23.1 Å². The van der Waals surface area contributed by atoms with Crippen LogP contribution in [0.25, 0.3) is 22.0 Å². The van der Waals surface area contributed by atoms with Gasteiger partial charge >= 0.3 is 12.2 Å². The van der Waals surface area contributed by atoms with Crippen molar-refractivity contribution in [2.45, 2.75) is 140 Å². The van der Waals surface area contributed by atoms with Gasteiger partial charge in [-0.15, -0.1) is 0 Å². The fraction of sp³-hybridized carbons (Fsp3) is 0.551. The van der Waals surface area contributed by atoms with Crippen LogP contribution in [-0.4, -0.2) is 115 Å². The average molecular weight is 887 g/mol. The van der Waals surface area contributed by atoms with Gasteiger partial charge in [-0.25, -0.2) is 19.6 Å². The lowest BCUT2D eigenvalue weighted by Gasteiger charge is -2.38. The molecule has 16 heteroatoms. The maximum Gasteiger partial charge on any atom is 0.407 e. The van der Waals surface area contributed by atoms with Gasteiger partial charge in [-0.2, -0.15) is 0 Å². The van der Waals surface area contributed by atoms with E-state index in [4.69, 9.17) is 24.2 Å². The smallest absolute Gasteiger partial charge is 0.407 e. The van der Waals surface area contributed by atoms with Crippen LogP contribution < -0.4 is 10.6 Å². The first-order valence-corrected chi connectivity index (χ1v) is 23.3. The number of hydrogen-bond donors (Lipinski definition) is 5. The summed E-state index contributed by atoms with van der Waals surface area (Å²) >= 11 is 0. The zero-order valence-electron chi connectivity index (χ0n) is 37.5. The van der Waals surface area contributed by atoms with Gasteiger partial charge in [0.05, 0.1) is 49.3 Å². The third-order valence-electron chi connectivity index (χ3n) is 14.7. The molecule has 2 aliphatic carbocycles. The molecule has 14 atom stereocenters. The maximum absolute atomic E-state index is 14.4. The average Bonchev–Trinajstić information content (AvgIpc) is 3.87. The summed E-state index contributed by atoms with van der Waals surface area (Å²) in [7, 11) is 1.32. The van der Waals surface area contributed by atoms with Crippen LogP contribution in [0.3, 0.4) is 0 Å². The van der Waals surface area contributed by atoms with Crippen molar-refractivity contribution < 1.29 is 38.5 Å². The minimum Gasteiger partial charge on any atom is -0.465 e. The lowest BCUT2D eigenvalue weighted by molar-refractivity contribution is -0.140. The highest BCUT2D eigenvalue weighted by Crippen LogP contribution is 2.55. The van der Waals surface area contributed by atoms with E-state index in [0.29, 0.717) is 49.0 Å². The molecule has 0 bridgehead atoms. The number of H-pyrrole nitrogens is 2. The van der Waals surface area contributed by atoms with Crippen LogP contribution >= 0.6 is 0 Å². The Morgan fingerprint density at radius 1 is 0.708 bits per heavy atom. The molecule has 65 heavy (non-hydrogen) atoms. The van der Waals surface area contributed by atoms with Gasteiger partial charge in [0, 0.05) is 35.6 Å². The van der Waals surface area contributed by atoms with Crippen LogP contribution in [0.5, 0.6) is 0 Å². The number of likely N-dealkylation sites (tertiary alicyclic amines) is 2. The molecule has 10 rings (SSSR count). The van der Waals surface area contributed by atoms with Crippen LogP contribution in [0.4, 0.5) is 9.59 Å². The molecule has 342 valence electrons. The molecule has 2 aromatic heterocycles. The zero-order chi connectivity index (χ0) is 45.3. The van der Waals surface area contributed by atoms with Crippen molar-refractivity contribution in [2.24, 2.45) is 23.7 Å². The molecule has 4 aliphatic heterocycles. The van der Waals surface area contributed by atoms with E-state index in [1.54, 1.807) is 6.20 Å². The highest BCUT2D eigenvalue weighted by Gasteiger charge is 2.58. The van der Waals surface area contributed by atoms with Gasteiger partial charge in [-0.1, -0.05) is 24.1 Å². The monoisotopic (exact) mass is 886 g/mol. The molecule has 4 aromatic rings. The number of carbonyl (C=O) groups is 4. The molecule has 6 aliphatic rings. The molecule has 6 fully saturated rings. The Balaban J connectivity index is 0.821. The second kappa shape index (κ2) is 17.1. The molecule has 2 saturated carbocycles. The van der Waals surface area contributed by atoms with E-state index in [1.807, 2.05) is 68.0 Å². The largest absolute Gasteiger partial charge is 0.465 e. The number of ether oxygens (including phenoxy) is 3. The lowest BCUT2D eigenvalue weighted by Crippen LogP contribution is -2.55. The molecular formula is C49H58N8O8. The highest BCUT2D eigenvalue weighted by atomic mass is 16.5. The number of aromatic amines is 2. The Bertz CT molecular complexity index is 2540. The van der Waals surface area contributed by atoms with E-state index in [-0.39, 0.29) is 72.2 Å². The molecule has 0 unspecified atom stereocenters. The van der Waals surface area contributed by atoms with Crippen LogP contribution in [0, 0.1) is 35.5 Å². The van der Waals surface area contributed by atoms with E-state index < -0.39 is 24.3 Å². The second-order valence-corrected chi connectivity index (χ2v) is 19.5. The summed E-state index contributed by atoms with van der Waals surface area (Å²) in [6.07, 6.45) is 7.71. The molecular weight excluding hydrogens is 829 g/mol. The molecule has 2 aromatic carbocycles. The fourth-order valence-corrected chi connectivity index (χ4v) is 11.7. The van der Waals surface area contributed by atoms with Gasteiger partial charge in [0.25, 0.3) is 0 Å². The zero-order valence-corrected chi connectivity index (χ0v) is 37.5. The number of fused-ring (bicyclic) bond motifs is 3. The van der Waals surface area contributed by atoms with E-state index in [2.05, 4.69) is 44.6 Å². The Morgan fingerprint density at radius 3 is 1.83 bits per heavy atom. The molecule has 4 amide bonds. The molecule has 4 saturated heterocycles. The van der Waals surface area contributed by atoms with Gasteiger partial charge in [0.15, 0.2) is 0 Å². The number of aromatic nitrogens is 4. The Morgan fingerprint density at radius 2 is 1.25 bits per heavy atom. The van der Waals surface area contributed by atoms with E-state index in [9.17, 15) is 24.3 Å². The highest BCUT2D eigenvalue weighted by molar-refractivity contribution is 5.89. The minimum atomic E-state index is -1.20. The first-order chi connectivity index (χ1) is 31.3. The van der Waals surface area contributed by atoms with Crippen LogP contribution in [-0.2, 0) is 23.8 Å². The van der Waals surface area contributed by atoms with Crippen LogP contribution in [0.1, 0.15) is 114 Å². The molecule has 0 radical (unpaired) electrons. The third kappa shape index (κ3) is 8.68. The fourth-order valence-electron chi connectivity index (χ4n) is 11.7. The maximum atomic E-state index is 14.4. The molecule has 0 spiro atoms. The number of nitrogens with zero attached hydrogens (tertiary/aromatic N) is 4. The summed E-state index contributed by atoms with van der Waals surface area (Å²) in [4.78, 5) is 73.5. The van der Waals surface area contributed by atoms with E-state index >= 15 is 0 Å². The molecule has 16 nitrogen and oxygen atoms in total. The minimum absolute atomic E-state index is 0.0191. The van der Waals surface area contributed by atoms with Crippen LogP contribution in [0.15, 0.2) is 48.8 Å². The number of carbonyl (C=O) groups excluding carboxylic acids is 3. The first-order valence-electron chi connectivity index (χ1n) is 23.3. The first kappa shape index (κ1) is 43.0. The summed E-state index contributed by atoms with van der Waals surface area (Å²) < 4.78 is 16.8. The van der Waals surface area contributed by atoms with Gasteiger partial charge in [-0.05, 0) is 138 Å². The van der Waals surface area contributed by atoms with Crippen molar-refractivity contribution in [2.75, 3.05) is 7.11 Å². The van der Waals surface area contributed by atoms with Crippen molar-refractivity contribution in [3.63, 3.8) is 0 Å². The number of imidazole rings is 2. The number of methoxy groups -OCH3 is 1. The summed E-state index contributed by atoms with van der Waals surface area (Å²) in [5.41, 5.74) is 3.12. The Hall–Kier alpha value is -5.92. The lowest BCUT2D eigenvalue weighted by atomic mass is 9.85. The third-order valence-corrected chi connectivity index (χ3v) is 14.7. The second-order valence-electron chi connectivity index (χ2n) is 19.5. The topological polar surface area (TPSA) is 204 Å². The quantitative estimate of drug-likeness (QED) is 0.116. The number of hydrogen-bond acceptors (Lipinski definition) is 9. The summed E-state index contributed by atoms with van der Waals surface area (Å²) in [5.74, 6) is 8.12. The number of benzene rings is 2. The van der Waals surface area contributed by atoms with Gasteiger partial charge < -0.3 is 49.7 Å². The predicted octanol–water partition coefficient (Wildman–Crippen LogP) is 6.44. The van der Waals surface area contributed by atoms with Gasteiger partial charge in [0.1, 0.15) is 29.4 Å². The van der Waals surface area contributed by atoms with Gasteiger partial charge in [0.2, 0.25) is 11.8 Å². The number of rotatable bonds is 9. The number of carboxylic acid groups (broad SMARTS) is 1. The van der Waals surface area contributed by atoms with Crippen molar-refractivity contribution in [1.82, 2.24) is 40.4 Å². The standard InChI is InChI=1S/C49H58N8O8/c1-24-12-34(13-25(2)64-24)42(54-48(60)61)46(58)56-38-18-32(38)20-40(56)44-50-22-36(52-44)11-7-28-6-8-30-17-31(10-9-29(30)16-28)37-23-51-45(53-37)41-21-33-19-39(33)57(41)47(59)43(55-49(62)63-5)35-14-26(3)65-27(4)15-35/h6,8-10,16-17,22-27,32-35,38-43,54H,12-15,18-21H2,1-5H3,(H,50,52)(H,51,53)(H,55,62)(H,60,61)/t24-,25+,26-,27+,32-,33-,34+,35+,38-,39-,40+,41+,42+,43+/m1/s1. The number of alkyl carbamates (subject to hydrolysis) is 1. The van der Waals surface area contributed by atoms with Gasteiger partial charge in [-0.3, -0.25) is 9.59 Å². The molecule has 5 N–H and O–H groups in total. The van der Waals surface area contributed by atoms with E-state index in [1.165, 1.54) is 7.11 Å².